The Hall–Kier alpha value is -3.67. The number of benzene rings is 1. The lowest BCUT2D eigenvalue weighted by Crippen LogP contribution is -2.56. The molecule has 2 aromatic heterocycles. The second kappa shape index (κ2) is 10.1. The third kappa shape index (κ3) is 5.29. The van der Waals surface area contributed by atoms with Crippen molar-refractivity contribution in [1.29, 1.82) is 0 Å². The molecule has 2 aliphatic carbocycles. The lowest BCUT2D eigenvalue weighted by molar-refractivity contribution is -0.145. The van der Waals surface area contributed by atoms with E-state index in [1.807, 2.05) is 6.07 Å². The summed E-state index contributed by atoms with van der Waals surface area (Å²) >= 11 is 0. The Morgan fingerprint density at radius 1 is 1.03 bits per heavy atom. The Bertz CT molecular complexity index is 1330. The molecule has 2 bridgehead atoms. The molecule has 6 rings (SSSR count). The summed E-state index contributed by atoms with van der Waals surface area (Å²) in [6.07, 6.45) is 5.87. The normalized spacial score (nSPS) is 26.6. The Balaban J connectivity index is 1.12. The number of oxazole rings is 1. The third-order valence-electron chi connectivity index (χ3n) is 8.15. The fourth-order valence-electron chi connectivity index (χ4n) is 6.35. The van der Waals surface area contributed by atoms with E-state index in [9.17, 15) is 18.0 Å². The first kappa shape index (κ1) is 25.6. The van der Waals surface area contributed by atoms with Gasteiger partial charge in [0.15, 0.2) is 5.76 Å². The van der Waals surface area contributed by atoms with Crippen molar-refractivity contribution in [2.45, 2.75) is 68.9 Å². The highest BCUT2D eigenvalue weighted by Crippen LogP contribution is 2.41. The number of hydrogen-bond donors (Lipinski definition) is 3. The van der Waals surface area contributed by atoms with Crippen LogP contribution in [0.25, 0.3) is 11.3 Å². The van der Waals surface area contributed by atoms with Gasteiger partial charge in [-0.05, 0) is 43.7 Å². The molecular weight excluding hydrogens is 511 g/mol. The molecule has 12 heteroatoms. The van der Waals surface area contributed by atoms with Crippen LogP contribution in [-0.2, 0) is 6.18 Å². The van der Waals surface area contributed by atoms with Gasteiger partial charge in [-0.2, -0.15) is 13.2 Å². The zero-order valence-electron chi connectivity index (χ0n) is 21.2. The predicted molar refractivity (Wildman–Crippen MR) is 138 cm³/mol. The summed E-state index contributed by atoms with van der Waals surface area (Å²) in [5, 5.41) is 7.34. The van der Waals surface area contributed by atoms with Crippen LogP contribution in [0.1, 0.15) is 54.7 Å². The second-order valence-electron chi connectivity index (χ2n) is 10.7. The number of nitrogens with two attached hydrogens (primary N) is 1. The molecule has 3 aliphatic rings. The number of amides is 1. The van der Waals surface area contributed by atoms with Gasteiger partial charge in [0.05, 0.1) is 24.3 Å². The Labute approximate surface area is 223 Å². The van der Waals surface area contributed by atoms with Crippen molar-refractivity contribution in [3.63, 3.8) is 0 Å². The average Bonchev–Trinajstić information content (AvgIpc) is 3.66. The van der Waals surface area contributed by atoms with Crippen LogP contribution in [0.4, 0.5) is 24.9 Å². The number of anilines is 2. The van der Waals surface area contributed by atoms with Crippen LogP contribution in [0, 0.1) is 5.92 Å². The Morgan fingerprint density at radius 2 is 1.79 bits per heavy atom. The van der Waals surface area contributed by atoms with E-state index in [1.165, 1.54) is 12.4 Å². The molecule has 1 amide bonds. The SMILES string of the molecule is NC(=O)c1cccc(-c2cnc(NC3CCCCC3NC3CC4CC3N(c3cnc(C(F)(F)F)nc3)C4)o2)c1. The van der Waals surface area contributed by atoms with E-state index in [0.717, 1.165) is 50.6 Å². The van der Waals surface area contributed by atoms with E-state index in [1.54, 1.807) is 24.4 Å². The number of nitrogens with one attached hydrogen (secondary N) is 2. The topological polar surface area (TPSA) is 122 Å². The van der Waals surface area contributed by atoms with E-state index >= 15 is 0 Å². The minimum Gasteiger partial charge on any atom is -0.424 e. The van der Waals surface area contributed by atoms with E-state index in [-0.39, 0.29) is 24.2 Å². The highest BCUT2D eigenvalue weighted by atomic mass is 19.4. The molecule has 206 valence electrons. The van der Waals surface area contributed by atoms with Crippen molar-refractivity contribution in [3.8, 4) is 11.3 Å². The summed E-state index contributed by atoms with van der Waals surface area (Å²) < 4.78 is 44.7. The summed E-state index contributed by atoms with van der Waals surface area (Å²) in [4.78, 5) is 25.2. The van der Waals surface area contributed by atoms with Crippen molar-refractivity contribution >= 4 is 17.6 Å². The number of carbonyl (C=O) groups excluding carboxylic acids is 1. The molecule has 3 aromatic rings. The first-order valence-electron chi connectivity index (χ1n) is 13.3. The molecule has 0 spiro atoms. The number of aromatic nitrogens is 3. The van der Waals surface area contributed by atoms with E-state index in [4.69, 9.17) is 10.2 Å². The number of halogens is 3. The van der Waals surface area contributed by atoms with Gasteiger partial charge >= 0.3 is 6.18 Å². The minimum absolute atomic E-state index is 0.115. The predicted octanol–water partition coefficient (Wildman–Crippen LogP) is 4.23. The number of nitrogens with zero attached hydrogens (tertiary/aromatic N) is 4. The molecule has 39 heavy (non-hydrogen) atoms. The van der Waals surface area contributed by atoms with E-state index < -0.39 is 17.9 Å². The van der Waals surface area contributed by atoms with Crippen LogP contribution < -0.4 is 21.3 Å². The third-order valence-corrected chi connectivity index (χ3v) is 8.15. The van der Waals surface area contributed by atoms with Gasteiger partial charge in [-0.1, -0.05) is 25.0 Å². The van der Waals surface area contributed by atoms with Gasteiger partial charge in [0.1, 0.15) is 0 Å². The number of carbonyl (C=O) groups is 1. The van der Waals surface area contributed by atoms with Crippen molar-refractivity contribution in [2.24, 2.45) is 11.7 Å². The van der Waals surface area contributed by atoms with Crippen molar-refractivity contribution in [1.82, 2.24) is 20.3 Å². The Kier molecular flexibility index (Phi) is 6.66. The molecule has 5 atom stereocenters. The number of primary amides is 1. The largest absolute Gasteiger partial charge is 0.451 e. The molecule has 3 heterocycles. The van der Waals surface area contributed by atoms with Crippen LogP contribution in [0.2, 0.25) is 0 Å². The summed E-state index contributed by atoms with van der Waals surface area (Å²) in [6.45, 7) is 0.806. The number of alkyl halides is 3. The molecule has 1 aromatic carbocycles. The van der Waals surface area contributed by atoms with Gasteiger partial charge in [0.2, 0.25) is 11.7 Å². The fraction of sp³-hybridized carbons (Fsp3) is 0.481. The van der Waals surface area contributed by atoms with Crippen LogP contribution in [-0.4, -0.2) is 51.6 Å². The monoisotopic (exact) mass is 541 g/mol. The smallest absolute Gasteiger partial charge is 0.424 e. The van der Waals surface area contributed by atoms with Gasteiger partial charge in [0, 0.05) is 41.8 Å². The standard InChI is InChI=1S/C27H30F3N7O2/c28-27(29,30)25-32-11-18(12-33-25)37-14-15-8-21(22(37)9-15)35-19-6-1-2-7-20(19)36-26-34-13-23(39-26)16-4-3-5-17(10-16)24(31)38/h3-5,10-13,15,19-22,35H,1-2,6-9,14H2,(H2,31,38)(H,34,36). The molecule has 2 saturated carbocycles. The summed E-state index contributed by atoms with van der Waals surface area (Å²) in [5.41, 5.74) is 7.16. The van der Waals surface area contributed by atoms with E-state index in [0.29, 0.717) is 28.9 Å². The highest BCUT2D eigenvalue weighted by Gasteiger charge is 2.46. The molecule has 1 aliphatic heterocycles. The maximum atomic E-state index is 12.9. The molecule has 3 fully saturated rings. The van der Waals surface area contributed by atoms with Crippen LogP contribution in [0.3, 0.4) is 0 Å². The molecule has 0 radical (unpaired) electrons. The molecular formula is C27H30F3N7O2. The highest BCUT2D eigenvalue weighted by molar-refractivity contribution is 5.93. The second-order valence-corrected chi connectivity index (χ2v) is 10.7. The zero-order chi connectivity index (χ0) is 27.1. The first-order chi connectivity index (χ1) is 18.7. The van der Waals surface area contributed by atoms with Crippen LogP contribution in [0.15, 0.2) is 47.3 Å². The first-order valence-corrected chi connectivity index (χ1v) is 13.3. The number of hydrogen-bond acceptors (Lipinski definition) is 8. The quantitative estimate of drug-likeness (QED) is 0.406. The lowest BCUT2D eigenvalue weighted by Gasteiger charge is -2.40. The van der Waals surface area contributed by atoms with Gasteiger partial charge < -0.3 is 25.7 Å². The number of fused-ring (bicyclic) bond motifs is 2. The summed E-state index contributed by atoms with van der Waals surface area (Å²) in [5.74, 6) is -0.591. The van der Waals surface area contributed by atoms with Gasteiger partial charge in [-0.3, -0.25) is 4.79 Å². The van der Waals surface area contributed by atoms with Gasteiger partial charge in [-0.15, -0.1) is 0 Å². The maximum Gasteiger partial charge on any atom is 0.451 e. The molecule has 4 N–H and O–H groups in total. The average molecular weight is 542 g/mol. The van der Waals surface area contributed by atoms with Gasteiger partial charge in [-0.25, -0.2) is 15.0 Å². The fourth-order valence-corrected chi connectivity index (χ4v) is 6.35. The molecule has 5 unspecified atom stereocenters. The zero-order valence-corrected chi connectivity index (χ0v) is 21.2. The summed E-state index contributed by atoms with van der Waals surface area (Å²) in [7, 11) is 0. The van der Waals surface area contributed by atoms with Crippen molar-refractivity contribution < 1.29 is 22.4 Å². The van der Waals surface area contributed by atoms with E-state index in [2.05, 4.69) is 30.5 Å². The van der Waals surface area contributed by atoms with Gasteiger partial charge in [0.25, 0.3) is 6.01 Å². The maximum absolute atomic E-state index is 12.9. The molecule has 1 saturated heterocycles. The van der Waals surface area contributed by atoms with Crippen LogP contribution in [0.5, 0.6) is 0 Å². The minimum atomic E-state index is -4.55. The number of piperidine rings is 1. The van der Waals surface area contributed by atoms with Crippen molar-refractivity contribution in [3.05, 3.63) is 54.2 Å². The van der Waals surface area contributed by atoms with Crippen molar-refractivity contribution in [2.75, 3.05) is 16.8 Å². The Morgan fingerprint density at radius 3 is 2.51 bits per heavy atom. The lowest BCUT2D eigenvalue weighted by atomic mass is 9.89. The molecule has 9 nitrogen and oxygen atoms in total. The number of rotatable bonds is 7. The van der Waals surface area contributed by atoms with Crippen LogP contribution >= 0.6 is 0 Å². The summed E-state index contributed by atoms with van der Waals surface area (Å²) in [6, 6.07) is 8.06.